The third-order valence-electron chi connectivity index (χ3n) is 5.22. The van der Waals surface area contributed by atoms with Crippen LogP contribution in [0.1, 0.15) is 49.5 Å². The number of benzene rings is 1. The second-order valence-corrected chi connectivity index (χ2v) is 8.43. The van der Waals surface area contributed by atoms with Crippen molar-refractivity contribution in [1.29, 1.82) is 0 Å². The molecular weight excluding hydrogens is 330 g/mol. The van der Waals surface area contributed by atoms with E-state index in [2.05, 4.69) is 47.1 Å². The summed E-state index contributed by atoms with van der Waals surface area (Å²) in [6.07, 6.45) is 3.08. The minimum Gasteiger partial charge on any atom is -0.487 e. The summed E-state index contributed by atoms with van der Waals surface area (Å²) in [7, 11) is 0. The van der Waals surface area contributed by atoms with Crippen LogP contribution in [0, 0.1) is 6.92 Å². The van der Waals surface area contributed by atoms with Gasteiger partial charge in [-0.2, -0.15) is 4.98 Å². The molecule has 3 heterocycles. The molecule has 4 rings (SSSR count). The van der Waals surface area contributed by atoms with E-state index in [-0.39, 0.29) is 5.60 Å². The smallest absolute Gasteiger partial charge is 0.229 e. The van der Waals surface area contributed by atoms with Crippen molar-refractivity contribution in [2.45, 2.75) is 64.2 Å². The highest BCUT2D eigenvalue weighted by Crippen LogP contribution is 2.35. The maximum atomic E-state index is 11.0. The van der Waals surface area contributed by atoms with Gasteiger partial charge < -0.3 is 14.4 Å². The Morgan fingerprint density at radius 1 is 1.31 bits per heavy atom. The van der Waals surface area contributed by atoms with E-state index < -0.39 is 5.60 Å². The first-order valence-electron chi connectivity index (χ1n) is 9.35. The van der Waals surface area contributed by atoms with Crippen LogP contribution in [0.2, 0.25) is 0 Å². The number of fused-ring (bicyclic) bond motifs is 1. The van der Waals surface area contributed by atoms with Crippen LogP contribution in [0.25, 0.3) is 0 Å². The van der Waals surface area contributed by atoms with Crippen LogP contribution < -0.4 is 4.74 Å². The van der Waals surface area contributed by atoms with Crippen molar-refractivity contribution < 1.29 is 14.4 Å². The Kier molecular flexibility index (Phi) is 4.28. The molecule has 1 unspecified atom stereocenters. The Morgan fingerprint density at radius 2 is 2.15 bits per heavy atom. The predicted molar refractivity (Wildman–Crippen MR) is 97.1 cm³/mol. The Bertz CT molecular complexity index is 801. The second-order valence-electron chi connectivity index (χ2n) is 8.43. The third-order valence-corrected chi connectivity index (χ3v) is 5.22. The average Bonchev–Trinajstić information content (AvgIpc) is 3.07. The summed E-state index contributed by atoms with van der Waals surface area (Å²) in [6, 6.07) is 6.46. The number of aromatic nitrogens is 2. The normalized spacial score (nSPS) is 25.1. The first kappa shape index (κ1) is 17.5. The lowest BCUT2D eigenvalue weighted by Gasteiger charge is -2.38. The summed E-state index contributed by atoms with van der Waals surface area (Å²) in [4.78, 5) is 6.56. The maximum Gasteiger partial charge on any atom is 0.229 e. The van der Waals surface area contributed by atoms with Gasteiger partial charge in [-0.05, 0) is 57.4 Å². The molecule has 26 heavy (non-hydrogen) atoms. The summed E-state index contributed by atoms with van der Waals surface area (Å²) in [5.74, 6) is 2.13. The fourth-order valence-electron chi connectivity index (χ4n) is 4.20. The van der Waals surface area contributed by atoms with Crippen molar-refractivity contribution in [2.24, 2.45) is 0 Å². The molecule has 2 aromatic rings. The van der Waals surface area contributed by atoms with Crippen molar-refractivity contribution in [3.05, 3.63) is 41.0 Å². The van der Waals surface area contributed by atoms with Gasteiger partial charge in [-0.3, -0.25) is 4.90 Å². The molecule has 0 saturated carbocycles. The lowest BCUT2D eigenvalue weighted by molar-refractivity contribution is -0.0373. The quantitative estimate of drug-likeness (QED) is 0.907. The van der Waals surface area contributed by atoms with Crippen molar-refractivity contribution >= 4 is 0 Å². The van der Waals surface area contributed by atoms with Gasteiger partial charge in [-0.1, -0.05) is 17.3 Å². The SMILES string of the molecule is Cc1noc(CC2(O)CCCN(Cc3ccc4c(c3)CC(C)(C)O4)C2)n1. The van der Waals surface area contributed by atoms with Crippen molar-refractivity contribution in [1.82, 2.24) is 15.0 Å². The Balaban J connectivity index is 1.42. The topological polar surface area (TPSA) is 71.6 Å². The number of likely N-dealkylation sites (tertiary alicyclic amines) is 1. The number of aryl methyl sites for hydroxylation is 1. The molecule has 2 aliphatic rings. The van der Waals surface area contributed by atoms with Gasteiger partial charge in [0.2, 0.25) is 5.89 Å². The fraction of sp³-hybridized carbons (Fsp3) is 0.600. The number of hydrogen-bond acceptors (Lipinski definition) is 6. The van der Waals surface area contributed by atoms with Crippen LogP contribution in [0.5, 0.6) is 5.75 Å². The van der Waals surface area contributed by atoms with Gasteiger partial charge in [0, 0.05) is 19.5 Å². The highest BCUT2D eigenvalue weighted by atomic mass is 16.5. The number of β-amino-alcohol motifs (C(OH)–C–C–N with tert-alkyl or cyclic N) is 1. The summed E-state index contributed by atoms with van der Waals surface area (Å²) in [6.45, 7) is 8.48. The number of rotatable bonds is 4. The largest absolute Gasteiger partial charge is 0.487 e. The molecule has 0 aliphatic carbocycles. The number of hydrogen-bond donors (Lipinski definition) is 1. The Labute approximate surface area is 154 Å². The maximum absolute atomic E-state index is 11.0. The minimum atomic E-state index is -0.806. The number of nitrogens with zero attached hydrogens (tertiary/aromatic N) is 3. The third kappa shape index (κ3) is 3.76. The number of piperidine rings is 1. The van der Waals surface area contributed by atoms with Crippen LogP contribution in [-0.2, 0) is 19.4 Å². The van der Waals surface area contributed by atoms with Crippen molar-refractivity contribution in [3.63, 3.8) is 0 Å². The lowest BCUT2D eigenvalue weighted by Crippen LogP contribution is -2.49. The van der Waals surface area contributed by atoms with E-state index in [4.69, 9.17) is 9.26 Å². The molecule has 1 aromatic heterocycles. The monoisotopic (exact) mass is 357 g/mol. The molecule has 0 amide bonds. The van der Waals surface area contributed by atoms with Crippen LogP contribution in [0.15, 0.2) is 22.7 Å². The van der Waals surface area contributed by atoms with E-state index in [9.17, 15) is 5.11 Å². The van der Waals surface area contributed by atoms with E-state index in [1.54, 1.807) is 6.92 Å². The molecular formula is C20H27N3O3. The van der Waals surface area contributed by atoms with E-state index in [0.717, 1.165) is 38.1 Å². The zero-order valence-corrected chi connectivity index (χ0v) is 15.8. The molecule has 1 fully saturated rings. The van der Waals surface area contributed by atoms with Gasteiger partial charge in [0.25, 0.3) is 0 Å². The molecule has 140 valence electrons. The molecule has 0 radical (unpaired) electrons. The van der Waals surface area contributed by atoms with Crippen LogP contribution in [0.3, 0.4) is 0 Å². The van der Waals surface area contributed by atoms with Gasteiger partial charge in [-0.15, -0.1) is 0 Å². The molecule has 0 spiro atoms. The molecule has 6 heteroatoms. The molecule has 1 saturated heterocycles. The highest BCUT2D eigenvalue weighted by molar-refractivity contribution is 5.41. The van der Waals surface area contributed by atoms with E-state index in [0.29, 0.717) is 24.7 Å². The van der Waals surface area contributed by atoms with Crippen LogP contribution in [-0.4, -0.2) is 44.4 Å². The number of ether oxygens (including phenoxy) is 1. The number of aliphatic hydroxyl groups is 1. The molecule has 1 aromatic carbocycles. The summed E-state index contributed by atoms with van der Waals surface area (Å²) in [5, 5.41) is 14.8. The second kappa shape index (κ2) is 6.35. The fourth-order valence-corrected chi connectivity index (χ4v) is 4.20. The Hall–Kier alpha value is -1.92. The summed E-state index contributed by atoms with van der Waals surface area (Å²) < 4.78 is 11.2. The Morgan fingerprint density at radius 3 is 2.92 bits per heavy atom. The molecule has 6 nitrogen and oxygen atoms in total. The van der Waals surface area contributed by atoms with Gasteiger partial charge in [0.05, 0.1) is 12.0 Å². The summed E-state index contributed by atoms with van der Waals surface area (Å²) >= 11 is 0. The van der Waals surface area contributed by atoms with Gasteiger partial charge in [0.1, 0.15) is 11.4 Å². The molecule has 2 aliphatic heterocycles. The zero-order chi connectivity index (χ0) is 18.4. The first-order valence-corrected chi connectivity index (χ1v) is 9.35. The van der Waals surface area contributed by atoms with Crippen LogP contribution in [0.4, 0.5) is 0 Å². The van der Waals surface area contributed by atoms with Gasteiger partial charge in [0.15, 0.2) is 5.82 Å². The zero-order valence-electron chi connectivity index (χ0n) is 15.8. The van der Waals surface area contributed by atoms with E-state index >= 15 is 0 Å². The summed E-state index contributed by atoms with van der Waals surface area (Å²) in [5.41, 5.74) is 1.62. The molecule has 1 N–H and O–H groups in total. The van der Waals surface area contributed by atoms with E-state index in [1.807, 2.05) is 0 Å². The standard InChI is InChI=1S/C20H27N3O3/c1-14-21-18(26-22-14)11-20(24)7-4-8-23(13-20)12-15-5-6-17-16(9-15)10-19(2,3)25-17/h5-6,9,24H,4,7-8,10-13H2,1-3H3. The van der Waals surface area contributed by atoms with E-state index in [1.165, 1.54) is 11.1 Å². The molecule has 0 bridgehead atoms. The van der Waals surface area contributed by atoms with Gasteiger partial charge in [-0.25, -0.2) is 0 Å². The first-order chi connectivity index (χ1) is 12.3. The molecule has 1 atom stereocenters. The van der Waals surface area contributed by atoms with Crippen molar-refractivity contribution in [3.8, 4) is 5.75 Å². The van der Waals surface area contributed by atoms with Crippen LogP contribution >= 0.6 is 0 Å². The lowest BCUT2D eigenvalue weighted by atomic mass is 9.89. The highest BCUT2D eigenvalue weighted by Gasteiger charge is 2.35. The predicted octanol–water partition coefficient (Wildman–Crippen LogP) is 2.66. The van der Waals surface area contributed by atoms with Crippen molar-refractivity contribution in [2.75, 3.05) is 13.1 Å². The average molecular weight is 357 g/mol. The van der Waals surface area contributed by atoms with Gasteiger partial charge >= 0.3 is 0 Å². The minimum absolute atomic E-state index is 0.117.